The van der Waals surface area contributed by atoms with Crippen LogP contribution in [0.3, 0.4) is 0 Å². The van der Waals surface area contributed by atoms with Gasteiger partial charge in [-0.3, -0.25) is 9.59 Å². The number of hydrogen-bond donors (Lipinski definition) is 2. The second kappa shape index (κ2) is 12.2. The van der Waals surface area contributed by atoms with Crippen LogP contribution in [-0.2, 0) is 16.2 Å². The molecule has 0 aromatic heterocycles. The quantitative estimate of drug-likeness (QED) is 0.230. The summed E-state index contributed by atoms with van der Waals surface area (Å²) < 4.78 is 11.6. The molecule has 35 heavy (non-hydrogen) atoms. The summed E-state index contributed by atoms with van der Waals surface area (Å²) in [6.07, 6.45) is 1.40. The Morgan fingerprint density at radius 3 is 2.34 bits per heavy atom. The number of amides is 2. The summed E-state index contributed by atoms with van der Waals surface area (Å²) in [5.74, 6) is -0.723. The lowest BCUT2D eigenvalue weighted by Crippen LogP contribution is -2.32. The molecule has 0 saturated heterocycles. The van der Waals surface area contributed by atoms with Crippen LogP contribution < -0.4 is 20.2 Å². The van der Waals surface area contributed by atoms with E-state index in [0.29, 0.717) is 45.0 Å². The summed E-state index contributed by atoms with van der Waals surface area (Å²) >= 11 is 12.4. The third kappa shape index (κ3) is 7.21. The number of nitrogens with zero attached hydrogens (tertiary/aromatic N) is 1. The lowest BCUT2D eigenvalue weighted by molar-refractivity contribution is -0.136. The molecule has 2 amide bonds. The first-order valence-corrected chi connectivity index (χ1v) is 11.6. The molecule has 0 aliphatic rings. The third-order valence-electron chi connectivity index (χ3n) is 5.05. The predicted octanol–water partition coefficient (Wildman–Crippen LogP) is 5.68. The first-order valence-electron chi connectivity index (χ1n) is 10.8. The van der Waals surface area contributed by atoms with Crippen molar-refractivity contribution >= 4 is 46.9 Å². The number of halogens is 2. The minimum absolute atomic E-state index is 0.164. The van der Waals surface area contributed by atoms with Gasteiger partial charge in [0.25, 0.3) is 0 Å². The summed E-state index contributed by atoms with van der Waals surface area (Å²) in [5.41, 5.74) is 6.16. The Labute approximate surface area is 214 Å². The van der Waals surface area contributed by atoms with Crippen molar-refractivity contribution in [1.29, 1.82) is 0 Å². The van der Waals surface area contributed by atoms with Crippen LogP contribution in [0.1, 0.15) is 29.2 Å². The molecule has 0 unspecified atom stereocenters. The van der Waals surface area contributed by atoms with Crippen molar-refractivity contribution in [1.82, 2.24) is 5.43 Å². The molecule has 0 bridgehead atoms. The standard InChI is InChI=1S/C26H25Cl2N3O4/c1-4-34-24-13-18(9-11-23(24)35-15-20-21(27)6-5-7-22(20)28)14-29-31-26(33)25(32)30-19-10-8-16(2)17(3)12-19/h5-14H,4,15H2,1-3H3,(H,30,32)(H,31,33)/b29-14+. The zero-order valence-corrected chi connectivity index (χ0v) is 21.0. The van der Waals surface area contributed by atoms with E-state index in [1.807, 2.05) is 26.8 Å². The van der Waals surface area contributed by atoms with Gasteiger partial charge in [-0.05, 0) is 79.9 Å². The van der Waals surface area contributed by atoms with Crippen molar-refractivity contribution in [2.24, 2.45) is 5.10 Å². The first kappa shape index (κ1) is 26.1. The predicted molar refractivity (Wildman–Crippen MR) is 139 cm³/mol. The second-order valence-corrected chi connectivity index (χ2v) is 8.39. The molecule has 0 radical (unpaired) electrons. The van der Waals surface area contributed by atoms with E-state index in [-0.39, 0.29) is 6.61 Å². The first-order chi connectivity index (χ1) is 16.8. The Balaban J connectivity index is 1.62. The van der Waals surface area contributed by atoms with Gasteiger partial charge >= 0.3 is 11.8 Å². The average molecular weight is 514 g/mol. The van der Waals surface area contributed by atoms with Gasteiger partial charge in [-0.2, -0.15) is 5.10 Å². The highest BCUT2D eigenvalue weighted by atomic mass is 35.5. The summed E-state index contributed by atoms with van der Waals surface area (Å²) in [6, 6.07) is 15.8. The van der Waals surface area contributed by atoms with Crippen molar-refractivity contribution in [2.45, 2.75) is 27.4 Å². The van der Waals surface area contributed by atoms with Gasteiger partial charge in [-0.15, -0.1) is 0 Å². The van der Waals surface area contributed by atoms with Gasteiger partial charge in [0, 0.05) is 21.3 Å². The Morgan fingerprint density at radius 2 is 1.66 bits per heavy atom. The minimum Gasteiger partial charge on any atom is -0.490 e. The smallest absolute Gasteiger partial charge is 0.329 e. The maximum Gasteiger partial charge on any atom is 0.329 e. The molecule has 0 fully saturated rings. The number of rotatable bonds is 8. The Morgan fingerprint density at radius 1 is 0.914 bits per heavy atom. The second-order valence-electron chi connectivity index (χ2n) is 7.58. The van der Waals surface area contributed by atoms with Crippen LogP contribution in [0.2, 0.25) is 10.0 Å². The lowest BCUT2D eigenvalue weighted by atomic mass is 10.1. The monoisotopic (exact) mass is 513 g/mol. The fraction of sp³-hybridized carbons (Fsp3) is 0.192. The van der Waals surface area contributed by atoms with Gasteiger partial charge in [0.05, 0.1) is 12.8 Å². The molecule has 7 nitrogen and oxygen atoms in total. The van der Waals surface area contributed by atoms with E-state index in [4.69, 9.17) is 32.7 Å². The molecule has 0 heterocycles. The SMILES string of the molecule is CCOc1cc(/C=N/NC(=O)C(=O)Nc2ccc(C)c(C)c2)ccc1OCc1c(Cl)cccc1Cl. The Kier molecular flexibility index (Phi) is 9.11. The maximum absolute atomic E-state index is 12.1. The lowest BCUT2D eigenvalue weighted by Gasteiger charge is -2.14. The van der Waals surface area contributed by atoms with E-state index in [9.17, 15) is 9.59 Å². The number of hydrogen-bond acceptors (Lipinski definition) is 5. The van der Waals surface area contributed by atoms with Gasteiger partial charge in [0.15, 0.2) is 11.5 Å². The van der Waals surface area contributed by atoms with Gasteiger partial charge < -0.3 is 14.8 Å². The Bertz CT molecular complexity index is 1240. The Hall–Kier alpha value is -3.55. The van der Waals surface area contributed by atoms with Gasteiger partial charge in [-0.25, -0.2) is 5.43 Å². The van der Waals surface area contributed by atoms with Crippen LogP contribution in [0, 0.1) is 13.8 Å². The highest BCUT2D eigenvalue weighted by Gasteiger charge is 2.14. The van der Waals surface area contributed by atoms with Crippen LogP contribution in [0.5, 0.6) is 11.5 Å². The van der Waals surface area contributed by atoms with Crippen LogP contribution >= 0.6 is 23.2 Å². The molecule has 2 N–H and O–H groups in total. The number of ether oxygens (including phenoxy) is 2. The number of nitrogens with one attached hydrogen (secondary N) is 2. The molecule has 0 spiro atoms. The molecule has 3 aromatic carbocycles. The fourth-order valence-electron chi connectivity index (χ4n) is 3.04. The van der Waals surface area contributed by atoms with Crippen LogP contribution in [-0.4, -0.2) is 24.6 Å². The van der Waals surface area contributed by atoms with E-state index in [1.165, 1.54) is 6.21 Å². The molecule has 0 aliphatic heterocycles. The third-order valence-corrected chi connectivity index (χ3v) is 5.76. The van der Waals surface area contributed by atoms with Crippen molar-refractivity contribution in [3.63, 3.8) is 0 Å². The summed E-state index contributed by atoms with van der Waals surface area (Å²) in [6.45, 7) is 6.32. The van der Waals surface area contributed by atoms with E-state index in [1.54, 1.807) is 48.5 Å². The summed E-state index contributed by atoms with van der Waals surface area (Å²) in [7, 11) is 0. The normalized spacial score (nSPS) is 10.8. The topological polar surface area (TPSA) is 89.0 Å². The number of anilines is 1. The van der Waals surface area contributed by atoms with E-state index in [2.05, 4.69) is 15.8 Å². The summed E-state index contributed by atoms with van der Waals surface area (Å²) in [5, 5.41) is 7.44. The number of carbonyl (C=O) groups is 2. The molecule has 0 aliphatic carbocycles. The largest absolute Gasteiger partial charge is 0.490 e. The van der Waals surface area contributed by atoms with Crippen molar-refractivity contribution < 1.29 is 19.1 Å². The zero-order chi connectivity index (χ0) is 25.4. The van der Waals surface area contributed by atoms with E-state index >= 15 is 0 Å². The maximum atomic E-state index is 12.1. The molecule has 3 aromatic rings. The van der Waals surface area contributed by atoms with Gasteiger partial charge in [-0.1, -0.05) is 35.3 Å². The molecule has 9 heteroatoms. The van der Waals surface area contributed by atoms with Crippen LogP contribution in [0.25, 0.3) is 0 Å². The number of carbonyl (C=O) groups excluding carboxylic acids is 2. The van der Waals surface area contributed by atoms with E-state index < -0.39 is 11.8 Å². The molecular formula is C26H25Cl2N3O4. The van der Waals surface area contributed by atoms with Crippen LogP contribution in [0.4, 0.5) is 5.69 Å². The number of aryl methyl sites for hydroxylation is 2. The van der Waals surface area contributed by atoms with E-state index in [0.717, 1.165) is 11.1 Å². The molecule has 0 atom stereocenters. The van der Waals surface area contributed by atoms with Gasteiger partial charge in [0.1, 0.15) is 6.61 Å². The molecular weight excluding hydrogens is 489 g/mol. The van der Waals surface area contributed by atoms with Crippen molar-refractivity contribution in [3.8, 4) is 11.5 Å². The fourth-order valence-corrected chi connectivity index (χ4v) is 3.54. The highest BCUT2D eigenvalue weighted by molar-refractivity contribution is 6.39. The minimum atomic E-state index is -0.888. The molecule has 3 rings (SSSR count). The van der Waals surface area contributed by atoms with Crippen LogP contribution in [0.15, 0.2) is 59.7 Å². The summed E-state index contributed by atoms with van der Waals surface area (Å²) in [4.78, 5) is 24.2. The van der Waals surface area contributed by atoms with Crippen molar-refractivity contribution in [2.75, 3.05) is 11.9 Å². The number of benzene rings is 3. The molecule has 0 saturated carbocycles. The number of hydrazone groups is 1. The highest BCUT2D eigenvalue weighted by Crippen LogP contribution is 2.31. The average Bonchev–Trinajstić information content (AvgIpc) is 2.82. The zero-order valence-electron chi connectivity index (χ0n) is 19.5. The van der Waals surface area contributed by atoms with Crippen molar-refractivity contribution in [3.05, 3.63) is 86.9 Å². The molecule has 182 valence electrons. The van der Waals surface area contributed by atoms with Gasteiger partial charge in [0.2, 0.25) is 0 Å².